The Bertz CT molecular complexity index is 959. The van der Waals surface area contributed by atoms with Crippen molar-refractivity contribution in [1.29, 1.82) is 0 Å². The van der Waals surface area contributed by atoms with E-state index in [9.17, 15) is 0 Å². The number of likely N-dealkylation sites (N-methyl/N-ethyl adjacent to an activating group) is 1. The highest BCUT2D eigenvalue weighted by atomic mass is 15.4. The van der Waals surface area contributed by atoms with Crippen LogP contribution in [0.15, 0.2) is 54.6 Å². The van der Waals surface area contributed by atoms with Gasteiger partial charge in [-0.3, -0.25) is 4.48 Å². The number of likely N-dealkylation sites (tertiary alicyclic amines) is 1. The van der Waals surface area contributed by atoms with Gasteiger partial charge in [-0.15, -0.1) is 0 Å². The fraction of sp³-hybridized carbons (Fsp3) is 0.200. The number of nitrogens with zero attached hydrogens (tertiary/aromatic N) is 1. The predicted octanol–water partition coefficient (Wildman–Crippen LogP) is 1.19. The SMILES string of the molecule is C[N+]1(C2=c3ccccc3=C3C=C3c3ccccc32)CC(N)C1. The van der Waals surface area contributed by atoms with Crippen molar-refractivity contribution in [3.63, 3.8) is 0 Å². The molecule has 0 atom stereocenters. The number of hydrogen-bond donors (Lipinski definition) is 1. The third-order valence-corrected chi connectivity index (χ3v) is 5.25. The Morgan fingerprint density at radius 2 is 1.55 bits per heavy atom. The maximum atomic E-state index is 6.13. The number of hydrogen-bond acceptors (Lipinski definition) is 1. The largest absolute Gasteiger partial charge is 0.318 e. The van der Waals surface area contributed by atoms with Crippen LogP contribution < -0.4 is 16.2 Å². The summed E-state index contributed by atoms with van der Waals surface area (Å²) in [5.41, 5.74) is 13.1. The smallest absolute Gasteiger partial charge is 0.148 e. The Morgan fingerprint density at radius 3 is 2.27 bits per heavy atom. The second kappa shape index (κ2) is 3.97. The van der Waals surface area contributed by atoms with Gasteiger partial charge in [0.1, 0.15) is 24.8 Å². The highest BCUT2D eigenvalue weighted by molar-refractivity contribution is 6.20. The van der Waals surface area contributed by atoms with Crippen LogP contribution in [0.25, 0.3) is 16.8 Å². The molecule has 108 valence electrons. The van der Waals surface area contributed by atoms with Crippen LogP contribution in [-0.2, 0) is 0 Å². The molecule has 2 heteroatoms. The third kappa shape index (κ3) is 1.51. The highest BCUT2D eigenvalue weighted by Crippen LogP contribution is 2.44. The van der Waals surface area contributed by atoms with Gasteiger partial charge < -0.3 is 5.73 Å². The molecular weight excluding hydrogens is 268 g/mol. The molecule has 2 aromatic rings. The number of rotatable bonds is 1. The molecule has 2 aliphatic carbocycles. The Labute approximate surface area is 130 Å². The molecule has 2 nitrogen and oxygen atoms in total. The average Bonchev–Trinajstić information content (AvgIpc) is 3.27. The van der Waals surface area contributed by atoms with Crippen LogP contribution in [0.4, 0.5) is 0 Å². The quantitative estimate of drug-likeness (QED) is 0.784. The van der Waals surface area contributed by atoms with E-state index in [0.29, 0.717) is 6.04 Å². The van der Waals surface area contributed by atoms with Crippen LogP contribution in [0.1, 0.15) is 11.1 Å². The summed E-state index contributed by atoms with van der Waals surface area (Å²) in [4.78, 5) is 0. The molecule has 0 bridgehead atoms. The third-order valence-electron chi connectivity index (χ3n) is 5.25. The summed E-state index contributed by atoms with van der Waals surface area (Å²) >= 11 is 0. The highest BCUT2D eigenvalue weighted by Gasteiger charge is 2.44. The molecule has 5 rings (SSSR count). The van der Waals surface area contributed by atoms with Crippen molar-refractivity contribution in [3.8, 4) is 0 Å². The lowest BCUT2D eigenvalue weighted by molar-refractivity contribution is -0.882. The van der Waals surface area contributed by atoms with Crippen LogP contribution in [0, 0.1) is 0 Å². The number of benzene rings is 2. The molecule has 0 amide bonds. The van der Waals surface area contributed by atoms with Crippen molar-refractivity contribution in [1.82, 2.24) is 0 Å². The maximum Gasteiger partial charge on any atom is 0.148 e. The van der Waals surface area contributed by atoms with E-state index in [1.807, 2.05) is 0 Å². The first kappa shape index (κ1) is 12.4. The van der Waals surface area contributed by atoms with E-state index in [-0.39, 0.29) is 0 Å². The summed E-state index contributed by atoms with van der Waals surface area (Å²) in [5, 5.41) is 2.76. The first-order valence-electron chi connectivity index (χ1n) is 7.94. The molecule has 1 aliphatic heterocycles. The minimum Gasteiger partial charge on any atom is -0.318 e. The van der Waals surface area contributed by atoms with Gasteiger partial charge in [-0.05, 0) is 40.1 Å². The van der Waals surface area contributed by atoms with Crippen molar-refractivity contribution in [2.24, 2.45) is 5.73 Å². The predicted molar refractivity (Wildman–Crippen MR) is 89.9 cm³/mol. The molecule has 0 radical (unpaired) electrons. The van der Waals surface area contributed by atoms with E-state index >= 15 is 0 Å². The molecule has 1 heterocycles. The van der Waals surface area contributed by atoms with Crippen molar-refractivity contribution in [2.75, 3.05) is 20.1 Å². The molecular formula is C20H19N2+. The van der Waals surface area contributed by atoms with Crippen LogP contribution in [0.2, 0.25) is 0 Å². The van der Waals surface area contributed by atoms with Crippen molar-refractivity contribution < 1.29 is 4.48 Å². The minimum atomic E-state index is 0.321. The number of nitrogens with two attached hydrogens (primary N) is 1. The summed E-state index contributed by atoms with van der Waals surface area (Å²) in [6.45, 7) is 2.04. The molecule has 1 saturated heterocycles. The van der Waals surface area contributed by atoms with E-state index in [1.165, 1.54) is 38.4 Å². The van der Waals surface area contributed by atoms with Crippen molar-refractivity contribution >= 4 is 16.8 Å². The Hall–Kier alpha value is -2.16. The lowest BCUT2D eigenvalue weighted by atomic mass is 9.95. The molecule has 2 N–H and O–H groups in total. The van der Waals surface area contributed by atoms with E-state index in [4.69, 9.17) is 5.73 Å². The van der Waals surface area contributed by atoms with Gasteiger partial charge in [-0.25, -0.2) is 0 Å². The summed E-state index contributed by atoms with van der Waals surface area (Å²) in [5.74, 6) is 0. The molecule has 0 saturated carbocycles. The van der Waals surface area contributed by atoms with Gasteiger partial charge >= 0.3 is 0 Å². The van der Waals surface area contributed by atoms with Gasteiger partial charge in [-0.2, -0.15) is 0 Å². The van der Waals surface area contributed by atoms with Crippen molar-refractivity contribution in [2.45, 2.75) is 6.04 Å². The van der Waals surface area contributed by atoms with E-state index in [1.54, 1.807) is 0 Å². The zero-order valence-electron chi connectivity index (χ0n) is 12.7. The second-order valence-electron chi connectivity index (χ2n) is 6.93. The molecule has 0 aromatic heterocycles. The second-order valence-corrected chi connectivity index (χ2v) is 6.93. The fourth-order valence-electron chi connectivity index (χ4n) is 4.29. The maximum absolute atomic E-state index is 6.13. The molecule has 3 aliphatic rings. The standard InChI is InChI=1S/C20H19N2/c1-22(11-13(21)12-22)20-16-8-4-2-6-14(16)18-10-19(18)15-7-3-5-9-17(15)20/h2-10,13H,11-12,21H2,1H3/q+1. The minimum absolute atomic E-state index is 0.321. The summed E-state index contributed by atoms with van der Waals surface area (Å²) < 4.78 is 0.940. The average molecular weight is 287 g/mol. The number of fused-ring (bicyclic) bond motifs is 4. The summed E-state index contributed by atoms with van der Waals surface area (Å²) in [6.07, 6.45) is 2.32. The van der Waals surface area contributed by atoms with Gasteiger partial charge in [0.05, 0.1) is 7.05 Å². The number of quaternary nitrogens is 1. The first-order valence-corrected chi connectivity index (χ1v) is 7.94. The monoisotopic (exact) mass is 287 g/mol. The van der Waals surface area contributed by atoms with Crippen LogP contribution in [-0.4, -0.2) is 30.7 Å². The Kier molecular flexibility index (Phi) is 2.24. The fourth-order valence-corrected chi connectivity index (χ4v) is 4.29. The topological polar surface area (TPSA) is 26.0 Å². The first-order chi connectivity index (χ1) is 10.7. The zero-order valence-corrected chi connectivity index (χ0v) is 12.7. The van der Waals surface area contributed by atoms with Gasteiger partial charge in [-0.1, -0.05) is 36.4 Å². The normalized spacial score (nSPS) is 27.9. The van der Waals surface area contributed by atoms with Crippen LogP contribution in [0.5, 0.6) is 0 Å². The van der Waals surface area contributed by atoms with E-state index in [0.717, 1.165) is 17.6 Å². The van der Waals surface area contributed by atoms with Gasteiger partial charge in [0.25, 0.3) is 0 Å². The summed E-state index contributed by atoms with van der Waals surface area (Å²) in [7, 11) is 2.32. The molecule has 0 unspecified atom stereocenters. The molecule has 22 heavy (non-hydrogen) atoms. The Balaban J connectivity index is 1.93. The van der Waals surface area contributed by atoms with E-state index < -0.39 is 0 Å². The van der Waals surface area contributed by atoms with Crippen LogP contribution >= 0.6 is 0 Å². The Morgan fingerprint density at radius 1 is 0.909 bits per heavy atom. The van der Waals surface area contributed by atoms with E-state index in [2.05, 4.69) is 61.7 Å². The number of allylic oxidation sites excluding steroid dienone is 2. The van der Waals surface area contributed by atoms with Gasteiger partial charge in [0.2, 0.25) is 0 Å². The molecule has 1 fully saturated rings. The molecule has 0 spiro atoms. The lowest BCUT2D eigenvalue weighted by Gasteiger charge is -2.47. The van der Waals surface area contributed by atoms with Gasteiger partial charge in [0, 0.05) is 10.8 Å². The molecule has 2 aromatic carbocycles. The van der Waals surface area contributed by atoms with Gasteiger partial charge in [0.15, 0.2) is 0 Å². The summed E-state index contributed by atoms with van der Waals surface area (Å²) in [6, 6.07) is 18.0. The lowest BCUT2D eigenvalue weighted by Crippen LogP contribution is -2.67. The zero-order chi connectivity index (χ0) is 14.9. The van der Waals surface area contributed by atoms with Crippen LogP contribution in [0.3, 0.4) is 0 Å². The van der Waals surface area contributed by atoms with Crippen molar-refractivity contribution in [3.05, 3.63) is 76.2 Å².